The van der Waals surface area contributed by atoms with Crippen LogP contribution < -0.4 is 10.6 Å². The molecule has 0 spiro atoms. The quantitative estimate of drug-likeness (QED) is 0.570. The first-order valence-electron chi connectivity index (χ1n) is 8.40. The largest absolute Gasteiger partial charge is 0.356 e. The summed E-state index contributed by atoms with van der Waals surface area (Å²) in [5.74, 6) is 0.862. The van der Waals surface area contributed by atoms with Gasteiger partial charge in [0, 0.05) is 31.1 Å². The fourth-order valence-corrected chi connectivity index (χ4v) is 3.10. The van der Waals surface area contributed by atoms with Gasteiger partial charge in [0.2, 0.25) is 0 Å². The fourth-order valence-electron chi connectivity index (χ4n) is 2.45. The Hall–Kier alpha value is -1.85. The lowest BCUT2D eigenvalue weighted by Gasteiger charge is -2.25. The number of guanidine groups is 1. The summed E-state index contributed by atoms with van der Waals surface area (Å²) in [5, 5.41) is 8.84. The topological polar surface area (TPSA) is 39.7 Å². The van der Waals surface area contributed by atoms with E-state index >= 15 is 0 Å². The van der Waals surface area contributed by atoms with Crippen molar-refractivity contribution in [3.8, 4) is 0 Å². The first-order chi connectivity index (χ1) is 11.7. The van der Waals surface area contributed by atoms with Crippen LogP contribution in [0.5, 0.6) is 0 Å². The van der Waals surface area contributed by atoms with E-state index in [9.17, 15) is 0 Å². The van der Waals surface area contributed by atoms with Crippen molar-refractivity contribution in [2.75, 3.05) is 20.6 Å². The Bertz CT molecular complexity index is 595. The minimum absolute atomic E-state index is 0.508. The molecule has 1 heterocycles. The van der Waals surface area contributed by atoms with Crippen LogP contribution in [0.1, 0.15) is 23.8 Å². The minimum atomic E-state index is 0.508. The molecule has 0 saturated heterocycles. The van der Waals surface area contributed by atoms with Crippen LogP contribution in [0.15, 0.2) is 52.8 Å². The van der Waals surface area contributed by atoms with E-state index in [0.717, 1.165) is 32.0 Å². The maximum absolute atomic E-state index is 4.28. The second-order valence-corrected chi connectivity index (χ2v) is 7.00. The summed E-state index contributed by atoms with van der Waals surface area (Å²) in [7, 11) is 4.00. The zero-order valence-corrected chi connectivity index (χ0v) is 15.6. The van der Waals surface area contributed by atoms with Crippen LogP contribution in [0.2, 0.25) is 0 Å². The van der Waals surface area contributed by atoms with Gasteiger partial charge in [-0.3, -0.25) is 9.89 Å². The third-order valence-corrected chi connectivity index (χ3v) is 4.99. The second kappa shape index (κ2) is 10.1. The zero-order chi connectivity index (χ0) is 17.2. The molecule has 5 heteroatoms. The molecule has 0 radical (unpaired) electrons. The van der Waals surface area contributed by atoms with Gasteiger partial charge in [-0.25, -0.2) is 0 Å². The van der Waals surface area contributed by atoms with Gasteiger partial charge in [0.05, 0.1) is 6.54 Å². The summed E-state index contributed by atoms with van der Waals surface area (Å²) < 4.78 is 0. The summed E-state index contributed by atoms with van der Waals surface area (Å²) in [6.07, 6.45) is 1.07. The molecule has 1 aromatic heterocycles. The Balaban J connectivity index is 1.67. The van der Waals surface area contributed by atoms with Gasteiger partial charge in [-0.15, -0.1) is 11.3 Å². The van der Waals surface area contributed by atoms with Crippen LogP contribution in [0.4, 0.5) is 0 Å². The first kappa shape index (κ1) is 18.5. The number of thiophene rings is 1. The van der Waals surface area contributed by atoms with E-state index in [1.54, 1.807) is 11.3 Å². The predicted octanol–water partition coefficient (Wildman–Crippen LogP) is 3.32. The molecule has 4 nitrogen and oxygen atoms in total. The predicted molar refractivity (Wildman–Crippen MR) is 105 cm³/mol. The Morgan fingerprint density at radius 3 is 2.62 bits per heavy atom. The number of nitrogens with zero attached hydrogens (tertiary/aromatic N) is 2. The van der Waals surface area contributed by atoms with Crippen molar-refractivity contribution < 1.29 is 0 Å². The minimum Gasteiger partial charge on any atom is -0.356 e. The molecule has 1 unspecified atom stereocenters. The molecular formula is C19H28N4S. The van der Waals surface area contributed by atoms with Gasteiger partial charge in [0.15, 0.2) is 5.96 Å². The third kappa shape index (κ3) is 6.34. The molecule has 1 aromatic carbocycles. The van der Waals surface area contributed by atoms with Crippen LogP contribution in [0.25, 0.3) is 0 Å². The smallest absolute Gasteiger partial charge is 0.191 e. The van der Waals surface area contributed by atoms with Crippen molar-refractivity contribution in [1.82, 2.24) is 15.5 Å². The highest BCUT2D eigenvalue weighted by Gasteiger charge is 2.09. The van der Waals surface area contributed by atoms with Crippen molar-refractivity contribution in [2.24, 2.45) is 4.99 Å². The molecule has 0 aliphatic heterocycles. The van der Waals surface area contributed by atoms with Crippen LogP contribution in [0, 0.1) is 0 Å². The van der Waals surface area contributed by atoms with Crippen molar-refractivity contribution in [3.05, 3.63) is 58.3 Å². The van der Waals surface area contributed by atoms with E-state index in [4.69, 9.17) is 0 Å². The van der Waals surface area contributed by atoms with Gasteiger partial charge < -0.3 is 10.6 Å². The molecule has 0 fully saturated rings. The lowest BCUT2D eigenvalue weighted by molar-refractivity contribution is 0.238. The van der Waals surface area contributed by atoms with Gasteiger partial charge in [0.1, 0.15) is 0 Å². The first-order valence-corrected chi connectivity index (χ1v) is 9.28. The number of hydrogen-bond donors (Lipinski definition) is 2. The molecular weight excluding hydrogens is 316 g/mol. The van der Waals surface area contributed by atoms with Gasteiger partial charge in [-0.05, 0) is 37.4 Å². The molecule has 2 N–H and O–H groups in total. The van der Waals surface area contributed by atoms with Gasteiger partial charge >= 0.3 is 0 Å². The summed E-state index contributed by atoms with van der Waals surface area (Å²) in [5.41, 5.74) is 1.35. The molecule has 2 aromatic rings. The maximum Gasteiger partial charge on any atom is 0.191 e. The summed E-state index contributed by atoms with van der Waals surface area (Å²) in [4.78, 5) is 7.98. The van der Waals surface area contributed by atoms with Crippen LogP contribution in [0.3, 0.4) is 0 Å². The van der Waals surface area contributed by atoms with E-state index in [1.165, 1.54) is 10.4 Å². The lowest BCUT2D eigenvalue weighted by Crippen LogP contribution is -2.39. The van der Waals surface area contributed by atoms with Crippen molar-refractivity contribution in [2.45, 2.75) is 32.5 Å². The number of hydrogen-bond acceptors (Lipinski definition) is 3. The molecule has 0 bridgehead atoms. The van der Waals surface area contributed by atoms with Gasteiger partial charge in [-0.1, -0.05) is 36.4 Å². The van der Waals surface area contributed by atoms with Crippen molar-refractivity contribution in [3.63, 3.8) is 0 Å². The van der Waals surface area contributed by atoms with E-state index < -0.39 is 0 Å². The molecule has 24 heavy (non-hydrogen) atoms. The SMILES string of the molecule is CN=C(NCCC(C)N(C)Cc1ccccc1)NCc1cccs1. The average molecular weight is 345 g/mol. The standard InChI is InChI=1S/C19H28N4S/c1-16(23(3)15-17-8-5-4-6-9-17)11-12-21-19(20-2)22-14-18-10-7-13-24-18/h4-10,13,16H,11-12,14-15H2,1-3H3,(H2,20,21,22). The maximum atomic E-state index is 4.28. The van der Waals surface area contributed by atoms with Crippen LogP contribution >= 0.6 is 11.3 Å². The molecule has 0 aliphatic carbocycles. The molecule has 1 atom stereocenters. The molecule has 130 valence electrons. The highest BCUT2D eigenvalue weighted by Crippen LogP contribution is 2.08. The molecule has 0 aliphatic rings. The van der Waals surface area contributed by atoms with Crippen LogP contribution in [-0.4, -0.2) is 37.5 Å². The Labute approximate surface area is 149 Å². The third-order valence-electron chi connectivity index (χ3n) is 4.12. The summed E-state index contributed by atoms with van der Waals surface area (Å²) >= 11 is 1.76. The number of benzene rings is 1. The normalized spacial score (nSPS) is 13.1. The Kier molecular flexibility index (Phi) is 7.79. The van der Waals surface area contributed by atoms with Crippen molar-refractivity contribution in [1.29, 1.82) is 0 Å². The Morgan fingerprint density at radius 2 is 1.96 bits per heavy atom. The van der Waals surface area contributed by atoms with E-state index in [2.05, 4.69) is 82.3 Å². The summed E-state index contributed by atoms with van der Waals surface area (Å²) in [6.45, 7) is 4.98. The molecule has 0 saturated carbocycles. The highest BCUT2D eigenvalue weighted by molar-refractivity contribution is 7.09. The molecule has 2 rings (SSSR count). The number of aliphatic imine (C=N–C) groups is 1. The second-order valence-electron chi connectivity index (χ2n) is 5.97. The Morgan fingerprint density at radius 1 is 1.17 bits per heavy atom. The fraction of sp³-hybridized carbons (Fsp3) is 0.421. The van der Waals surface area contributed by atoms with E-state index in [1.807, 2.05) is 7.05 Å². The van der Waals surface area contributed by atoms with E-state index in [-0.39, 0.29) is 0 Å². The number of nitrogens with one attached hydrogen (secondary N) is 2. The van der Waals surface area contributed by atoms with Crippen molar-refractivity contribution >= 4 is 17.3 Å². The van der Waals surface area contributed by atoms with Gasteiger partial charge in [-0.2, -0.15) is 0 Å². The van der Waals surface area contributed by atoms with Gasteiger partial charge in [0.25, 0.3) is 0 Å². The highest BCUT2D eigenvalue weighted by atomic mass is 32.1. The number of rotatable bonds is 8. The van der Waals surface area contributed by atoms with E-state index in [0.29, 0.717) is 6.04 Å². The lowest BCUT2D eigenvalue weighted by atomic mass is 10.1. The monoisotopic (exact) mass is 344 g/mol. The molecule has 0 amide bonds. The zero-order valence-electron chi connectivity index (χ0n) is 14.8. The van der Waals surface area contributed by atoms with Crippen LogP contribution in [-0.2, 0) is 13.1 Å². The average Bonchev–Trinajstić information content (AvgIpc) is 3.12. The summed E-state index contributed by atoms with van der Waals surface area (Å²) in [6, 6.07) is 15.3.